The van der Waals surface area contributed by atoms with Crippen molar-refractivity contribution >= 4 is 17.6 Å². The lowest BCUT2D eigenvalue weighted by molar-refractivity contribution is -0.123. The van der Waals surface area contributed by atoms with Crippen molar-refractivity contribution in [3.05, 3.63) is 53.6 Å². The summed E-state index contributed by atoms with van der Waals surface area (Å²) in [5, 5.41) is 11.5. The zero-order chi connectivity index (χ0) is 21.4. The molecule has 0 aliphatic heterocycles. The molecule has 2 aromatic rings. The van der Waals surface area contributed by atoms with Crippen LogP contribution in [-0.4, -0.2) is 31.7 Å². The standard InChI is InChI=1S/C22H24N2O5/c1-14(2)13-28-19-9-8-17(11-20(19)27-4)22(26)29-15(3)21(25)24-18-7-5-6-16(10-18)12-23/h5-11,14-15H,13H2,1-4H3,(H,24,25)/t15-/m0/s1. The van der Waals surface area contributed by atoms with Crippen LogP contribution in [0.15, 0.2) is 42.5 Å². The first-order chi connectivity index (χ1) is 13.8. The van der Waals surface area contributed by atoms with Gasteiger partial charge >= 0.3 is 5.97 Å². The zero-order valence-electron chi connectivity index (χ0n) is 16.9. The summed E-state index contributed by atoms with van der Waals surface area (Å²) >= 11 is 0. The fraction of sp³-hybridized carbons (Fsp3) is 0.318. The molecule has 2 aromatic carbocycles. The number of ether oxygens (including phenoxy) is 3. The fourth-order valence-electron chi connectivity index (χ4n) is 2.36. The molecule has 0 bridgehead atoms. The van der Waals surface area contributed by atoms with E-state index in [1.54, 1.807) is 30.3 Å². The van der Waals surface area contributed by atoms with Gasteiger partial charge in [-0.3, -0.25) is 4.79 Å². The Morgan fingerprint density at radius 2 is 1.86 bits per heavy atom. The van der Waals surface area contributed by atoms with Crippen molar-refractivity contribution in [3.63, 3.8) is 0 Å². The second kappa shape index (κ2) is 10.1. The van der Waals surface area contributed by atoms with E-state index in [1.807, 2.05) is 19.9 Å². The van der Waals surface area contributed by atoms with E-state index in [2.05, 4.69) is 5.32 Å². The fourth-order valence-corrected chi connectivity index (χ4v) is 2.36. The number of benzene rings is 2. The van der Waals surface area contributed by atoms with Crippen molar-refractivity contribution < 1.29 is 23.8 Å². The van der Waals surface area contributed by atoms with Crippen LogP contribution in [0, 0.1) is 17.2 Å². The van der Waals surface area contributed by atoms with Crippen LogP contribution < -0.4 is 14.8 Å². The molecule has 0 saturated heterocycles. The van der Waals surface area contributed by atoms with Crippen LogP contribution in [0.5, 0.6) is 11.5 Å². The molecule has 0 fully saturated rings. The van der Waals surface area contributed by atoms with E-state index in [0.717, 1.165) is 0 Å². The Morgan fingerprint density at radius 1 is 1.10 bits per heavy atom. The number of nitrogens with zero attached hydrogens (tertiary/aromatic N) is 1. The second-order valence-corrected chi connectivity index (χ2v) is 6.80. The Labute approximate surface area is 170 Å². The molecule has 2 rings (SSSR count). The van der Waals surface area contributed by atoms with Crippen LogP contribution in [-0.2, 0) is 9.53 Å². The minimum atomic E-state index is -1.03. The number of amides is 1. The van der Waals surface area contributed by atoms with Crippen LogP contribution in [0.1, 0.15) is 36.7 Å². The number of methoxy groups -OCH3 is 1. The molecule has 0 unspecified atom stereocenters. The molecule has 0 aliphatic rings. The Kier molecular flexibility index (Phi) is 7.61. The molecule has 1 N–H and O–H groups in total. The van der Waals surface area contributed by atoms with Crippen LogP contribution in [0.4, 0.5) is 5.69 Å². The molecule has 1 atom stereocenters. The molecular formula is C22H24N2O5. The Balaban J connectivity index is 2.02. The lowest BCUT2D eigenvalue weighted by Crippen LogP contribution is -2.30. The summed E-state index contributed by atoms with van der Waals surface area (Å²) in [6.07, 6.45) is -1.03. The lowest BCUT2D eigenvalue weighted by atomic mass is 10.2. The molecule has 29 heavy (non-hydrogen) atoms. The first-order valence-corrected chi connectivity index (χ1v) is 9.17. The normalized spacial score (nSPS) is 11.3. The topological polar surface area (TPSA) is 97.6 Å². The van der Waals surface area contributed by atoms with Gasteiger partial charge in [-0.25, -0.2) is 4.79 Å². The van der Waals surface area contributed by atoms with E-state index in [9.17, 15) is 9.59 Å². The molecule has 7 heteroatoms. The van der Waals surface area contributed by atoms with Gasteiger partial charge in [-0.1, -0.05) is 19.9 Å². The van der Waals surface area contributed by atoms with Gasteiger partial charge in [0, 0.05) is 5.69 Å². The highest BCUT2D eigenvalue weighted by atomic mass is 16.5. The Morgan fingerprint density at radius 3 is 2.52 bits per heavy atom. The number of esters is 1. The SMILES string of the molecule is COc1cc(C(=O)O[C@@H](C)C(=O)Nc2cccc(C#N)c2)ccc1OCC(C)C. The predicted molar refractivity (Wildman–Crippen MR) is 108 cm³/mol. The summed E-state index contributed by atoms with van der Waals surface area (Å²) in [6.45, 7) is 6.05. The maximum absolute atomic E-state index is 12.4. The van der Waals surface area contributed by atoms with E-state index in [1.165, 1.54) is 26.2 Å². The van der Waals surface area contributed by atoms with E-state index in [4.69, 9.17) is 19.5 Å². The van der Waals surface area contributed by atoms with Gasteiger partial charge in [0.15, 0.2) is 17.6 Å². The highest BCUT2D eigenvalue weighted by Gasteiger charge is 2.20. The maximum Gasteiger partial charge on any atom is 0.339 e. The third-order valence-electron chi connectivity index (χ3n) is 3.88. The largest absolute Gasteiger partial charge is 0.493 e. The van der Waals surface area contributed by atoms with Crippen molar-refractivity contribution in [2.75, 3.05) is 19.0 Å². The third-order valence-corrected chi connectivity index (χ3v) is 3.88. The number of nitriles is 1. The number of rotatable bonds is 8. The number of nitrogens with one attached hydrogen (secondary N) is 1. The van der Waals surface area contributed by atoms with Crippen LogP contribution in [0.3, 0.4) is 0 Å². The lowest BCUT2D eigenvalue weighted by Gasteiger charge is -2.15. The van der Waals surface area contributed by atoms with E-state index in [-0.39, 0.29) is 5.56 Å². The number of hydrogen-bond donors (Lipinski definition) is 1. The van der Waals surface area contributed by atoms with Crippen molar-refractivity contribution in [1.29, 1.82) is 5.26 Å². The van der Waals surface area contributed by atoms with Gasteiger partial charge in [0.2, 0.25) is 0 Å². The van der Waals surface area contributed by atoms with E-state index < -0.39 is 18.0 Å². The molecule has 0 radical (unpaired) electrons. The summed E-state index contributed by atoms with van der Waals surface area (Å²) in [6, 6.07) is 13.2. The van der Waals surface area contributed by atoms with Gasteiger partial charge in [-0.2, -0.15) is 5.26 Å². The number of anilines is 1. The minimum Gasteiger partial charge on any atom is -0.493 e. The monoisotopic (exact) mass is 396 g/mol. The molecule has 0 spiro atoms. The van der Waals surface area contributed by atoms with Crippen LogP contribution in [0.2, 0.25) is 0 Å². The van der Waals surface area contributed by atoms with Crippen molar-refractivity contribution in [2.24, 2.45) is 5.92 Å². The summed E-state index contributed by atoms with van der Waals surface area (Å²) in [5.41, 5.74) is 1.11. The van der Waals surface area contributed by atoms with Gasteiger partial charge in [-0.15, -0.1) is 0 Å². The average molecular weight is 396 g/mol. The molecule has 0 aliphatic carbocycles. The molecule has 0 heterocycles. The first-order valence-electron chi connectivity index (χ1n) is 9.17. The van der Waals surface area contributed by atoms with E-state index in [0.29, 0.717) is 35.3 Å². The smallest absolute Gasteiger partial charge is 0.339 e. The van der Waals surface area contributed by atoms with Gasteiger partial charge < -0.3 is 19.5 Å². The van der Waals surface area contributed by atoms with Gasteiger partial charge in [0.1, 0.15) is 0 Å². The van der Waals surface area contributed by atoms with Crippen LogP contribution in [0.25, 0.3) is 0 Å². The highest BCUT2D eigenvalue weighted by molar-refractivity contribution is 5.97. The highest BCUT2D eigenvalue weighted by Crippen LogP contribution is 2.29. The molecule has 0 saturated carbocycles. The molecular weight excluding hydrogens is 372 g/mol. The zero-order valence-corrected chi connectivity index (χ0v) is 16.9. The third kappa shape index (κ3) is 6.25. The molecule has 1 amide bonds. The van der Waals surface area contributed by atoms with Gasteiger partial charge in [-0.05, 0) is 49.2 Å². The maximum atomic E-state index is 12.4. The molecule has 152 valence electrons. The second-order valence-electron chi connectivity index (χ2n) is 6.80. The molecule has 7 nitrogen and oxygen atoms in total. The van der Waals surface area contributed by atoms with Crippen molar-refractivity contribution in [2.45, 2.75) is 26.9 Å². The van der Waals surface area contributed by atoms with Gasteiger partial charge in [0.05, 0.1) is 30.9 Å². The Hall–Kier alpha value is -3.53. The van der Waals surface area contributed by atoms with Crippen LogP contribution >= 0.6 is 0 Å². The minimum absolute atomic E-state index is 0.241. The van der Waals surface area contributed by atoms with Gasteiger partial charge in [0.25, 0.3) is 5.91 Å². The average Bonchev–Trinajstić information content (AvgIpc) is 2.71. The van der Waals surface area contributed by atoms with Crippen molar-refractivity contribution in [1.82, 2.24) is 0 Å². The molecule has 0 aromatic heterocycles. The number of carbonyl (C=O) groups is 2. The number of hydrogen-bond acceptors (Lipinski definition) is 6. The summed E-state index contributed by atoms with van der Waals surface area (Å²) in [7, 11) is 1.48. The summed E-state index contributed by atoms with van der Waals surface area (Å²) in [4.78, 5) is 24.7. The predicted octanol–water partition coefficient (Wildman–Crippen LogP) is 3.79. The number of carbonyl (C=O) groups excluding carboxylic acids is 2. The summed E-state index contributed by atoms with van der Waals surface area (Å²) in [5.74, 6) is 0.119. The quantitative estimate of drug-likeness (QED) is 0.682. The van der Waals surface area contributed by atoms with E-state index >= 15 is 0 Å². The Bertz CT molecular complexity index is 918. The first kappa shape index (κ1) is 21.8. The summed E-state index contributed by atoms with van der Waals surface area (Å²) < 4.78 is 16.2. The van der Waals surface area contributed by atoms with Crippen molar-refractivity contribution in [3.8, 4) is 17.6 Å².